The predicted molar refractivity (Wildman–Crippen MR) is 103 cm³/mol. The minimum absolute atomic E-state index is 0.106. The molecule has 2 N–H and O–H groups in total. The van der Waals surface area contributed by atoms with E-state index in [1.54, 1.807) is 37.3 Å². The summed E-state index contributed by atoms with van der Waals surface area (Å²) in [7, 11) is 0. The van der Waals surface area contributed by atoms with Gasteiger partial charge in [0.15, 0.2) is 11.0 Å². The molecule has 0 atom stereocenters. The molecule has 0 unspecified atom stereocenters. The number of amides is 1. The summed E-state index contributed by atoms with van der Waals surface area (Å²) < 4.78 is 15.4. The SMILES string of the molecule is CCn1c(SCC(=O)Nc2ccc(C)c(F)c2)nnc1-c1ccccc1O. The fourth-order valence-corrected chi connectivity index (χ4v) is 3.34. The Morgan fingerprint density at radius 3 is 2.74 bits per heavy atom. The van der Waals surface area contributed by atoms with Crippen molar-refractivity contribution in [3.63, 3.8) is 0 Å². The monoisotopic (exact) mass is 386 g/mol. The molecular formula is C19H19FN4O2S. The van der Waals surface area contributed by atoms with E-state index in [2.05, 4.69) is 15.5 Å². The topological polar surface area (TPSA) is 80.0 Å². The molecule has 1 heterocycles. The fourth-order valence-electron chi connectivity index (χ4n) is 2.54. The van der Waals surface area contributed by atoms with Crippen LogP contribution < -0.4 is 5.32 Å². The zero-order valence-corrected chi connectivity index (χ0v) is 15.8. The first-order chi connectivity index (χ1) is 13.0. The van der Waals surface area contributed by atoms with Crippen LogP contribution in [0.5, 0.6) is 5.75 Å². The van der Waals surface area contributed by atoms with E-state index in [0.717, 1.165) is 0 Å². The molecule has 1 amide bonds. The molecule has 0 saturated carbocycles. The number of nitrogens with zero attached hydrogens (tertiary/aromatic N) is 3. The molecule has 0 aliphatic rings. The first kappa shape index (κ1) is 18.9. The second-order valence-electron chi connectivity index (χ2n) is 5.87. The molecule has 0 aliphatic carbocycles. The highest BCUT2D eigenvalue weighted by Crippen LogP contribution is 2.30. The molecule has 1 aromatic heterocycles. The number of halogens is 1. The number of para-hydroxylation sites is 1. The lowest BCUT2D eigenvalue weighted by Crippen LogP contribution is -2.15. The number of aryl methyl sites for hydroxylation is 1. The van der Waals surface area contributed by atoms with E-state index in [9.17, 15) is 14.3 Å². The van der Waals surface area contributed by atoms with E-state index in [1.807, 2.05) is 17.6 Å². The van der Waals surface area contributed by atoms with Crippen LogP contribution in [0.4, 0.5) is 10.1 Å². The van der Waals surface area contributed by atoms with Gasteiger partial charge in [0.1, 0.15) is 11.6 Å². The molecule has 0 bridgehead atoms. The number of aromatic hydroxyl groups is 1. The number of carbonyl (C=O) groups is 1. The van der Waals surface area contributed by atoms with Gasteiger partial charge in [-0.1, -0.05) is 30.0 Å². The largest absolute Gasteiger partial charge is 0.507 e. The number of hydrogen-bond donors (Lipinski definition) is 2. The Morgan fingerprint density at radius 2 is 2.04 bits per heavy atom. The van der Waals surface area contributed by atoms with E-state index < -0.39 is 0 Å². The molecule has 3 rings (SSSR count). The van der Waals surface area contributed by atoms with Crippen molar-refractivity contribution in [2.45, 2.75) is 25.5 Å². The lowest BCUT2D eigenvalue weighted by molar-refractivity contribution is -0.113. The summed E-state index contributed by atoms with van der Waals surface area (Å²) in [4.78, 5) is 12.2. The van der Waals surface area contributed by atoms with Gasteiger partial charge in [-0.25, -0.2) is 4.39 Å². The average molecular weight is 386 g/mol. The number of rotatable bonds is 6. The Balaban J connectivity index is 1.70. The van der Waals surface area contributed by atoms with Crippen LogP contribution in [0.15, 0.2) is 47.6 Å². The number of carbonyl (C=O) groups excluding carboxylic acids is 1. The quantitative estimate of drug-likeness (QED) is 0.629. The molecule has 0 fully saturated rings. The number of phenols is 1. The molecule has 2 aromatic carbocycles. The average Bonchev–Trinajstić information content (AvgIpc) is 3.06. The van der Waals surface area contributed by atoms with Crippen molar-refractivity contribution in [2.24, 2.45) is 0 Å². The number of aromatic nitrogens is 3. The van der Waals surface area contributed by atoms with Crippen molar-refractivity contribution in [1.82, 2.24) is 14.8 Å². The summed E-state index contributed by atoms with van der Waals surface area (Å²) in [5, 5.41) is 21.6. The second-order valence-corrected chi connectivity index (χ2v) is 6.81. The summed E-state index contributed by atoms with van der Waals surface area (Å²) >= 11 is 1.23. The van der Waals surface area contributed by atoms with Gasteiger partial charge in [0.05, 0.1) is 11.3 Å². The molecule has 3 aromatic rings. The van der Waals surface area contributed by atoms with Crippen molar-refractivity contribution in [3.8, 4) is 17.1 Å². The van der Waals surface area contributed by atoms with Crippen LogP contribution in [0, 0.1) is 12.7 Å². The minimum atomic E-state index is -0.363. The van der Waals surface area contributed by atoms with Gasteiger partial charge >= 0.3 is 0 Å². The summed E-state index contributed by atoms with van der Waals surface area (Å²) in [6.45, 7) is 4.19. The molecule has 8 heteroatoms. The van der Waals surface area contributed by atoms with Gasteiger partial charge < -0.3 is 15.0 Å². The molecule has 0 radical (unpaired) electrons. The smallest absolute Gasteiger partial charge is 0.234 e. The van der Waals surface area contributed by atoms with Crippen molar-refractivity contribution < 1.29 is 14.3 Å². The Bertz CT molecular complexity index is 974. The Hall–Kier alpha value is -2.87. The Labute approximate surface area is 160 Å². The number of thioether (sulfide) groups is 1. The number of anilines is 1. The molecule has 0 aliphatic heterocycles. The zero-order valence-electron chi connectivity index (χ0n) is 14.9. The molecule has 140 valence electrons. The normalized spacial score (nSPS) is 10.8. The Kier molecular flexibility index (Phi) is 5.75. The van der Waals surface area contributed by atoms with Crippen molar-refractivity contribution in [2.75, 3.05) is 11.1 Å². The maximum absolute atomic E-state index is 13.6. The van der Waals surface area contributed by atoms with Crippen LogP contribution in [0.3, 0.4) is 0 Å². The molecule has 0 spiro atoms. The fraction of sp³-hybridized carbons (Fsp3) is 0.211. The van der Waals surface area contributed by atoms with E-state index in [1.165, 1.54) is 17.8 Å². The third kappa shape index (κ3) is 4.28. The zero-order chi connectivity index (χ0) is 19.4. The number of hydrogen-bond acceptors (Lipinski definition) is 5. The summed E-state index contributed by atoms with van der Waals surface area (Å²) in [5.74, 6) is 0.139. The van der Waals surface area contributed by atoms with Crippen LogP contribution in [0.25, 0.3) is 11.4 Å². The molecular weight excluding hydrogens is 367 g/mol. The summed E-state index contributed by atoms with van der Waals surface area (Å²) in [6, 6.07) is 11.5. The summed E-state index contributed by atoms with van der Waals surface area (Å²) in [6.07, 6.45) is 0. The van der Waals surface area contributed by atoms with Crippen LogP contribution in [-0.2, 0) is 11.3 Å². The van der Waals surface area contributed by atoms with E-state index in [0.29, 0.717) is 34.3 Å². The van der Waals surface area contributed by atoms with E-state index >= 15 is 0 Å². The number of benzene rings is 2. The third-order valence-electron chi connectivity index (χ3n) is 3.97. The number of phenolic OH excluding ortho intramolecular Hbond substituents is 1. The second kappa shape index (κ2) is 8.22. The van der Waals surface area contributed by atoms with Crippen molar-refractivity contribution >= 4 is 23.4 Å². The van der Waals surface area contributed by atoms with Gasteiger partial charge in [0.25, 0.3) is 0 Å². The van der Waals surface area contributed by atoms with E-state index in [-0.39, 0.29) is 23.2 Å². The van der Waals surface area contributed by atoms with Gasteiger partial charge in [-0.15, -0.1) is 10.2 Å². The van der Waals surface area contributed by atoms with Gasteiger partial charge in [-0.2, -0.15) is 0 Å². The first-order valence-electron chi connectivity index (χ1n) is 8.40. The summed E-state index contributed by atoms with van der Waals surface area (Å²) in [5.41, 5.74) is 1.52. The third-order valence-corrected chi connectivity index (χ3v) is 4.93. The van der Waals surface area contributed by atoms with Gasteiger partial charge in [-0.3, -0.25) is 4.79 Å². The van der Waals surface area contributed by atoms with Gasteiger partial charge in [0, 0.05) is 12.2 Å². The standard InChI is InChI=1S/C19H19FN4O2S/c1-3-24-18(14-6-4-5-7-16(14)25)22-23-19(24)27-11-17(26)21-13-9-8-12(2)15(20)10-13/h4-10,25H,3,11H2,1-2H3,(H,21,26). The van der Waals surface area contributed by atoms with Crippen LogP contribution in [0.1, 0.15) is 12.5 Å². The minimum Gasteiger partial charge on any atom is -0.507 e. The first-order valence-corrected chi connectivity index (χ1v) is 9.38. The molecule has 0 saturated heterocycles. The van der Waals surface area contributed by atoms with Gasteiger partial charge in [-0.05, 0) is 43.7 Å². The van der Waals surface area contributed by atoms with Crippen LogP contribution >= 0.6 is 11.8 Å². The van der Waals surface area contributed by atoms with Crippen LogP contribution in [0.2, 0.25) is 0 Å². The number of nitrogens with one attached hydrogen (secondary N) is 1. The van der Waals surface area contributed by atoms with Crippen molar-refractivity contribution in [1.29, 1.82) is 0 Å². The highest BCUT2D eigenvalue weighted by atomic mass is 32.2. The molecule has 27 heavy (non-hydrogen) atoms. The lowest BCUT2D eigenvalue weighted by atomic mass is 10.2. The van der Waals surface area contributed by atoms with Crippen LogP contribution in [-0.4, -0.2) is 31.5 Å². The Morgan fingerprint density at radius 1 is 1.26 bits per heavy atom. The maximum Gasteiger partial charge on any atom is 0.234 e. The lowest BCUT2D eigenvalue weighted by Gasteiger charge is -2.09. The molecule has 6 nitrogen and oxygen atoms in total. The van der Waals surface area contributed by atoms with Crippen molar-refractivity contribution in [3.05, 3.63) is 53.8 Å². The van der Waals surface area contributed by atoms with Gasteiger partial charge in [0.2, 0.25) is 5.91 Å². The highest BCUT2D eigenvalue weighted by Gasteiger charge is 2.16. The highest BCUT2D eigenvalue weighted by molar-refractivity contribution is 7.99. The van der Waals surface area contributed by atoms with E-state index in [4.69, 9.17) is 0 Å². The maximum atomic E-state index is 13.6. The predicted octanol–water partition coefficient (Wildman–Crippen LogP) is 3.85.